The molecule has 2 atom stereocenters. The van der Waals surface area contributed by atoms with Gasteiger partial charge in [-0.2, -0.15) is 0 Å². The number of guanidine groups is 1. The molecule has 0 aromatic heterocycles. The molecule has 0 radical (unpaired) electrons. The number of nitrogens with zero attached hydrogens (tertiary/aromatic N) is 2. The summed E-state index contributed by atoms with van der Waals surface area (Å²) in [5.41, 5.74) is 1.67. The zero-order valence-electron chi connectivity index (χ0n) is 18.5. The first kappa shape index (κ1) is 22.5. The first-order valence-electron chi connectivity index (χ1n) is 11.2. The average molecular weight is 418 g/mol. The number of nitrogens with one attached hydrogen (secondary N) is 3. The SMILES string of the molecule is CCNC(=NCc1ccc(F)c(CN(C)C)c1)NC1CCCC(C(=O)NC2CC2)C1. The third-order valence-electron chi connectivity index (χ3n) is 5.67. The Labute approximate surface area is 179 Å². The first-order valence-corrected chi connectivity index (χ1v) is 11.2. The Balaban J connectivity index is 1.59. The van der Waals surface area contributed by atoms with E-state index in [1.165, 1.54) is 6.07 Å². The first-order chi connectivity index (χ1) is 14.4. The van der Waals surface area contributed by atoms with E-state index in [0.29, 0.717) is 24.7 Å². The summed E-state index contributed by atoms with van der Waals surface area (Å²) >= 11 is 0. The van der Waals surface area contributed by atoms with E-state index < -0.39 is 0 Å². The summed E-state index contributed by atoms with van der Waals surface area (Å²) in [4.78, 5) is 19.1. The van der Waals surface area contributed by atoms with E-state index >= 15 is 0 Å². The molecular weight excluding hydrogens is 381 g/mol. The molecule has 0 saturated heterocycles. The number of rotatable bonds is 8. The molecule has 1 amide bonds. The quantitative estimate of drug-likeness (QED) is 0.449. The molecule has 30 heavy (non-hydrogen) atoms. The molecule has 2 aliphatic rings. The molecule has 3 rings (SSSR count). The summed E-state index contributed by atoms with van der Waals surface area (Å²) < 4.78 is 14.0. The van der Waals surface area contributed by atoms with Crippen LogP contribution < -0.4 is 16.0 Å². The third-order valence-corrected chi connectivity index (χ3v) is 5.67. The molecule has 2 aliphatic carbocycles. The number of carbonyl (C=O) groups is 1. The lowest BCUT2D eigenvalue weighted by molar-refractivity contribution is -0.126. The fraction of sp³-hybridized carbons (Fsp3) is 0.652. The number of hydrogen-bond donors (Lipinski definition) is 3. The summed E-state index contributed by atoms with van der Waals surface area (Å²) in [6.07, 6.45) is 6.14. The number of benzene rings is 1. The van der Waals surface area contributed by atoms with Gasteiger partial charge in [0.2, 0.25) is 5.91 Å². The number of amides is 1. The molecule has 3 N–H and O–H groups in total. The van der Waals surface area contributed by atoms with Crippen molar-refractivity contribution >= 4 is 11.9 Å². The molecule has 0 spiro atoms. The molecule has 1 aromatic carbocycles. The van der Waals surface area contributed by atoms with Gasteiger partial charge in [-0.05, 0) is 70.8 Å². The summed E-state index contributed by atoms with van der Waals surface area (Å²) in [5.74, 6) is 0.875. The average Bonchev–Trinajstić information content (AvgIpc) is 3.52. The Hall–Kier alpha value is -2.15. The number of aliphatic imine (C=N–C) groups is 1. The summed E-state index contributed by atoms with van der Waals surface area (Å²) in [6.45, 7) is 3.85. The van der Waals surface area contributed by atoms with Gasteiger partial charge in [-0.15, -0.1) is 0 Å². The Morgan fingerprint density at radius 2 is 1.97 bits per heavy atom. The lowest BCUT2D eigenvalue weighted by atomic mass is 9.85. The summed E-state index contributed by atoms with van der Waals surface area (Å²) in [7, 11) is 3.86. The van der Waals surface area contributed by atoms with E-state index in [4.69, 9.17) is 4.99 Å². The molecular formula is C23H36FN5O. The van der Waals surface area contributed by atoms with Crippen LogP contribution in [0, 0.1) is 11.7 Å². The van der Waals surface area contributed by atoms with Crippen LogP contribution in [0.3, 0.4) is 0 Å². The van der Waals surface area contributed by atoms with Crippen LogP contribution in [-0.4, -0.2) is 49.5 Å². The maximum Gasteiger partial charge on any atom is 0.223 e. The highest BCUT2D eigenvalue weighted by Crippen LogP contribution is 2.26. The molecule has 0 bridgehead atoms. The molecule has 0 aliphatic heterocycles. The summed E-state index contributed by atoms with van der Waals surface area (Å²) in [5, 5.41) is 9.96. The standard InChI is InChI=1S/C23H36FN5O/c1-4-25-23(26-14-16-8-11-21(24)18(12-16)15-29(2)3)28-20-7-5-6-17(13-20)22(30)27-19-9-10-19/h8,11-12,17,19-20H,4-7,9-10,13-15H2,1-3H3,(H,27,30)(H2,25,26,28). The minimum atomic E-state index is -0.181. The molecule has 7 heteroatoms. The van der Waals surface area contributed by atoms with Gasteiger partial charge >= 0.3 is 0 Å². The maximum atomic E-state index is 14.0. The maximum absolute atomic E-state index is 14.0. The van der Waals surface area contributed by atoms with Crippen molar-refractivity contribution in [3.63, 3.8) is 0 Å². The van der Waals surface area contributed by atoms with Gasteiger partial charge in [0.1, 0.15) is 5.82 Å². The Morgan fingerprint density at radius 3 is 2.67 bits per heavy atom. The van der Waals surface area contributed by atoms with Gasteiger partial charge in [0.25, 0.3) is 0 Å². The monoisotopic (exact) mass is 417 g/mol. The van der Waals surface area contributed by atoms with Crippen molar-refractivity contribution < 1.29 is 9.18 Å². The third kappa shape index (κ3) is 6.97. The van der Waals surface area contributed by atoms with Crippen LogP contribution in [0.1, 0.15) is 56.6 Å². The molecule has 166 valence electrons. The molecule has 2 unspecified atom stereocenters. The van der Waals surface area contributed by atoms with Crippen molar-refractivity contribution in [3.8, 4) is 0 Å². The van der Waals surface area contributed by atoms with Crippen LogP contribution >= 0.6 is 0 Å². The van der Waals surface area contributed by atoms with E-state index in [2.05, 4.69) is 16.0 Å². The van der Waals surface area contributed by atoms with E-state index in [1.807, 2.05) is 32.0 Å². The van der Waals surface area contributed by atoms with Crippen molar-refractivity contribution in [1.82, 2.24) is 20.9 Å². The normalized spacial score (nSPS) is 22.1. The second-order valence-electron chi connectivity index (χ2n) is 8.85. The Morgan fingerprint density at radius 1 is 1.17 bits per heavy atom. The van der Waals surface area contributed by atoms with E-state index in [1.54, 1.807) is 6.07 Å². The van der Waals surface area contributed by atoms with Gasteiger partial charge in [0.15, 0.2) is 5.96 Å². The Kier molecular flexibility index (Phi) is 8.08. The molecule has 6 nitrogen and oxygen atoms in total. The fourth-order valence-corrected chi connectivity index (χ4v) is 3.98. The molecule has 2 fully saturated rings. The van der Waals surface area contributed by atoms with Crippen LogP contribution in [-0.2, 0) is 17.9 Å². The molecule has 0 heterocycles. The van der Waals surface area contributed by atoms with Crippen LogP contribution in [0.2, 0.25) is 0 Å². The largest absolute Gasteiger partial charge is 0.357 e. The smallest absolute Gasteiger partial charge is 0.223 e. The van der Waals surface area contributed by atoms with Gasteiger partial charge in [0.05, 0.1) is 6.54 Å². The van der Waals surface area contributed by atoms with Gasteiger partial charge < -0.3 is 20.9 Å². The lowest BCUT2D eigenvalue weighted by Gasteiger charge is -2.30. The van der Waals surface area contributed by atoms with Crippen molar-refractivity contribution in [2.75, 3.05) is 20.6 Å². The van der Waals surface area contributed by atoms with Crippen LogP contribution in [0.25, 0.3) is 0 Å². The highest BCUT2D eigenvalue weighted by atomic mass is 19.1. The van der Waals surface area contributed by atoms with Gasteiger partial charge in [-0.1, -0.05) is 12.5 Å². The lowest BCUT2D eigenvalue weighted by Crippen LogP contribution is -2.47. The highest BCUT2D eigenvalue weighted by molar-refractivity contribution is 5.81. The van der Waals surface area contributed by atoms with Gasteiger partial charge in [-0.3, -0.25) is 4.79 Å². The van der Waals surface area contributed by atoms with E-state index in [9.17, 15) is 9.18 Å². The van der Waals surface area contributed by atoms with Crippen molar-refractivity contribution in [3.05, 3.63) is 35.1 Å². The Bertz CT molecular complexity index is 747. The minimum absolute atomic E-state index is 0.0883. The van der Waals surface area contributed by atoms with Crippen LogP contribution in [0.4, 0.5) is 4.39 Å². The molecule has 1 aromatic rings. The topological polar surface area (TPSA) is 68.8 Å². The van der Waals surface area contributed by atoms with E-state index in [0.717, 1.165) is 56.6 Å². The minimum Gasteiger partial charge on any atom is -0.357 e. The van der Waals surface area contributed by atoms with Gasteiger partial charge in [-0.25, -0.2) is 9.38 Å². The van der Waals surface area contributed by atoms with Crippen LogP contribution in [0.15, 0.2) is 23.2 Å². The second-order valence-corrected chi connectivity index (χ2v) is 8.85. The van der Waals surface area contributed by atoms with Gasteiger partial charge in [0, 0.05) is 36.7 Å². The zero-order chi connectivity index (χ0) is 21.5. The predicted molar refractivity (Wildman–Crippen MR) is 119 cm³/mol. The van der Waals surface area contributed by atoms with Crippen molar-refractivity contribution in [1.29, 1.82) is 0 Å². The van der Waals surface area contributed by atoms with Crippen LogP contribution in [0.5, 0.6) is 0 Å². The zero-order valence-corrected chi connectivity index (χ0v) is 18.5. The molecule has 2 saturated carbocycles. The van der Waals surface area contributed by atoms with E-state index in [-0.39, 0.29) is 23.7 Å². The number of carbonyl (C=O) groups excluding carboxylic acids is 1. The number of halogens is 1. The second kappa shape index (κ2) is 10.8. The fourth-order valence-electron chi connectivity index (χ4n) is 3.98. The predicted octanol–water partition coefficient (Wildman–Crippen LogP) is 2.78. The highest BCUT2D eigenvalue weighted by Gasteiger charge is 2.31. The number of hydrogen-bond acceptors (Lipinski definition) is 3. The summed E-state index contributed by atoms with van der Waals surface area (Å²) in [6, 6.07) is 5.86. The van der Waals surface area contributed by atoms with Crippen molar-refractivity contribution in [2.45, 2.75) is 70.6 Å². The van der Waals surface area contributed by atoms with Crippen molar-refractivity contribution in [2.24, 2.45) is 10.9 Å².